The number of phenols is 1. The van der Waals surface area contributed by atoms with Gasteiger partial charge in [-0.05, 0) is 57.9 Å². The summed E-state index contributed by atoms with van der Waals surface area (Å²) in [5, 5.41) is 14.3. The van der Waals surface area contributed by atoms with Gasteiger partial charge in [0.25, 0.3) is 0 Å². The van der Waals surface area contributed by atoms with Crippen LogP contribution < -0.4 is 10.1 Å². The van der Waals surface area contributed by atoms with Crippen LogP contribution >= 0.6 is 11.3 Å². The van der Waals surface area contributed by atoms with Gasteiger partial charge in [-0.3, -0.25) is 4.79 Å². The molecule has 2 aromatic rings. The second-order valence-corrected chi connectivity index (χ2v) is 9.40. The highest BCUT2D eigenvalue weighted by atomic mass is 32.1. The summed E-state index contributed by atoms with van der Waals surface area (Å²) in [7, 11) is 1.55. The Balaban J connectivity index is 1.39. The van der Waals surface area contributed by atoms with Crippen molar-refractivity contribution in [1.82, 2.24) is 4.98 Å². The highest BCUT2D eigenvalue weighted by Crippen LogP contribution is 2.42. The molecule has 0 atom stereocenters. The molecule has 0 saturated carbocycles. The molecule has 0 unspecified atom stereocenters. The monoisotopic (exact) mass is 456 g/mol. The van der Waals surface area contributed by atoms with Gasteiger partial charge in [-0.1, -0.05) is 11.6 Å². The van der Waals surface area contributed by atoms with E-state index in [4.69, 9.17) is 9.47 Å². The molecule has 0 fully saturated rings. The quantitative estimate of drug-likeness (QED) is 0.466. The Bertz CT molecular complexity index is 1080. The van der Waals surface area contributed by atoms with Gasteiger partial charge in [-0.25, -0.2) is 9.78 Å². The zero-order chi connectivity index (χ0) is 22.8. The lowest BCUT2D eigenvalue weighted by Crippen LogP contribution is -2.11. The first-order chi connectivity index (χ1) is 15.4. The third-order valence-electron chi connectivity index (χ3n) is 6.14. The topological polar surface area (TPSA) is 97.8 Å². The van der Waals surface area contributed by atoms with Crippen molar-refractivity contribution >= 4 is 28.3 Å². The van der Waals surface area contributed by atoms with Gasteiger partial charge in [0, 0.05) is 22.4 Å². The number of aromatic hydroxyl groups is 1. The second kappa shape index (κ2) is 9.32. The Kier molecular flexibility index (Phi) is 6.50. The standard InChI is InChI=1S/C24H28N2O5S/c1-13(9-11-19(27)26-24-25-17-6-4-5-7-18(17)32-24)8-10-15-21(28)20-16(12-31-23(20)29)14(2)22(15)30-3/h8,28H,4-7,9-12H2,1-3H3,(H,25,26,27). The minimum absolute atomic E-state index is 0.0552. The van der Waals surface area contributed by atoms with Crippen LogP contribution in [0.15, 0.2) is 11.6 Å². The number of allylic oxidation sites excluding steroid dienone is 2. The predicted octanol–water partition coefficient (Wildman–Crippen LogP) is 4.62. The maximum atomic E-state index is 12.4. The van der Waals surface area contributed by atoms with Gasteiger partial charge in [0.15, 0.2) is 5.13 Å². The molecule has 2 heterocycles. The molecule has 7 nitrogen and oxygen atoms in total. The van der Waals surface area contributed by atoms with Crippen LogP contribution in [-0.4, -0.2) is 29.1 Å². The molecule has 4 rings (SSSR count). The van der Waals surface area contributed by atoms with Gasteiger partial charge >= 0.3 is 5.97 Å². The van der Waals surface area contributed by atoms with E-state index in [2.05, 4.69) is 10.3 Å². The van der Waals surface area contributed by atoms with Crippen LogP contribution in [0, 0.1) is 6.92 Å². The van der Waals surface area contributed by atoms with Crippen LogP contribution in [0.25, 0.3) is 0 Å². The molecule has 1 aromatic carbocycles. The summed E-state index contributed by atoms with van der Waals surface area (Å²) in [4.78, 5) is 30.3. The number of amides is 1. The molecule has 0 bridgehead atoms. The molecular weight excluding hydrogens is 428 g/mol. The van der Waals surface area contributed by atoms with Crippen LogP contribution in [0.3, 0.4) is 0 Å². The minimum atomic E-state index is -0.509. The number of fused-ring (bicyclic) bond motifs is 2. The number of nitrogens with one attached hydrogen (secondary N) is 1. The molecule has 32 heavy (non-hydrogen) atoms. The molecule has 0 spiro atoms. The first-order valence-corrected chi connectivity index (χ1v) is 11.7. The number of carbonyl (C=O) groups excluding carboxylic acids is 2. The van der Waals surface area contributed by atoms with Gasteiger partial charge in [0.2, 0.25) is 5.91 Å². The average molecular weight is 457 g/mol. The van der Waals surface area contributed by atoms with Crippen LogP contribution in [0.1, 0.15) is 70.2 Å². The number of cyclic esters (lactones) is 1. The number of ether oxygens (including phenoxy) is 2. The van der Waals surface area contributed by atoms with Crippen molar-refractivity contribution in [3.05, 3.63) is 44.5 Å². The fourth-order valence-corrected chi connectivity index (χ4v) is 5.37. The van der Waals surface area contributed by atoms with Crippen molar-refractivity contribution in [2.24, 2.45) is 0 Å². The number of methoxy groups -OCH3 is 1. The number of carbonyl (C=O) groups is 2. The Morgan fingerprint density at radius 2 is 2.09 bits per heavy atom. The van der Waals surface area contributed by atoms with Gasteiger partial charge in [-0.2, -0.15) is 0 Å². The lowest BCUT2D eigenvalue weighted by molar-refractivity contribution is -0.116. The Morgan fingerprint density at radius 1 is 1.31 bits per heavy atom. The molecule has 1 amide bonds. The van der Waals surface area contributed by atoms with E-state index in [0.717, 1.165) is 29.7 Å². The lowest BCUT2D eigenvalue weighted by atomic mass is 9.94. The summed E-state index contributed by atoms with van der Waals surface area (Å²) >= 11 is 1.59. The largest absolute Gasteiger partial charge is 0.507 e. The van der Waals surface area contributed by atoms with Crippen molar-refractivity contribution in [2.75, 3.05) is 12.4 Å². The van der Waals surface area contributed by atoms with Crippen molar-refractivity contribution in [3.63, 3.8) is 0 Å². The second-order valence-electron chi connectivity index (χ2n) is 8.31. The Morgan fingerprint density at radius 3 is 2.84 bits per heavy atom. The number of aromatic nitrogens is 1. The van der Waals surface area contributed by atoms with Gasteiger partial charge in [0.1, 0.15) is 23.7 Å². The van der Waals surface area contributed by atoms with E-state index in [1.165, 1.54) is 17.7 Å². The summed E-state index contributed by atoms with van der Waals surface area (Å²) in [6.45, 7) is 3.96. The molecule has 1 aliphatic carbocycles. The van der Waals surface area contributed by atoms with Crippen molar-refractivity contribution in [2.45, 2.75) is 65.4 Å². The normalized spacial score (nSPS) is 15.2. The highest BCUT2D eigenvalue weighted by molar-refractivity contribution is 7.15. The zero-order valence-electron chi connectivity index (χ0n) is 18.7. The number of hydrogen-bond donors (Lipinski definition) is 2. The van der Waals surface area contributed by atoms with Crippen LogP contribution in [0.4, 0.5) is 5.13 Å². The molecular formula is C24H28N2O5S. The van der Waals surface area contributed by atoms with E-state index in [1.807, 2.05) is 19.9 Å². The number of rotatable bonds is 7. The molecule has 0 radical (unpaired) electrons. The number of anilines is 1. The molecule has 170 valence electrons. The SMILES string of the molecule is COc1c(C)c2c(c(O)c1CC=C(C)CCC(=O)Nc1nc3c(s1)CCCC3)C(=O)OC2. The van der Waals surface area contributed by atoms with E-state index in [9.17, 15) is 14.7 Å². The van der Waals surface area contributed by atoms with E-state index in [0.29, 0.717) is 41.3 Å². The molecule has 1 aromatic heterocycles. The summed E-state index contributed by atoms with van der Waals surface area (Å²) in [5.74, 6) is -0.0836. The predicted molar refractivity (Wildman–Crippen MR) is 123 cm³/mol. The first-order valence-electron chi connectivity index (χ1n) is 10.9. The van der Waals surface area contributed by atoms with E-state index in [1.54, 1.807) is 18.4 Å². The van der Waals surface area contributed by atoms with E-state index >= 15 is 0 Å². The zero-order valence-corrected chi connectivity index (χ0v) is 19.5. The summed E-state index contributed by atoms with van der Waals surface area (Å²) < 4.78 is 10.6. The summed E-state index contributed by atoms with van der Waals surface area (Å²) in [5.41, 5.74) is 4.41. The van der Waals surface area contributed by atoms with Crippen molar-refractivity contribution in [1.29, 1.82) is 0 Å². The number of phenolic OH excluding ortho intramolecular Hbond substituents is 1. The number of hydrogen-bond acceptors (Lipinski definition) is 7. The van der Waals surface area contributed by atoms with Crippen LogP contribution in [-0.2, 0) is 35.4 Å². The van der Waals surface area contributed by atoms with Crippen molar-refractivity contribution in [3.8, 4) is 11.5 Å². The molecule has 8 heteroatoms. The van der Waals surface area contributed by atoms with Gasteiger partial charge in [0.05, 0.1) is 12.8 Å². The van der Waals surface area contributed by atoms with Gasteiger partial charge < -0.3 is 19.9 Å². The van der Waals surface area contributed by atoms with E-state index < -0.39 is 5.97 Å². The summed E-state index contributed by atoms with van der Waals surface area (Å²) in [6, 6.07) is 0. The van der Waals surface area contributed by atoms with Crippen LogP contribution in [0.5, 0.6) is 11.5 Å². The maximum Gasteiger partial charge on any atom is 0.342 e. The third-order valence-corrected chi connectivity index (χ3v) is 7.21. The molecule has 0 saturated heterocycles. The number of nitrogens with zero attached hydrogens (tertiary/aromatic N) is 1. The highest BCUT2D eigenvalue weighted by Gasteiger charge is 2.31. The molecule has 2 aliphatic rings. The lowest BCUT2D eigenvalue weighted by Gasteiger charge is -2.15. The third kappa shape index (κ3) is 4.37. The first kappa shape index (κ1) is 22.3. The number of esters is 1. The average Bonchev–Trinajstić information content (AvgIpc) is 3.36. The minimum Gasteiger partial charge on any atom is -0.507 e. The molecule has 1 aliphatic heterocycles. The Labute approximate surface area is 191 Å². The smallest absolute Gasteiger partial charge is 0.342 e. The number of benzene rings is 1. The van der Waals surface area contributed by atoms with E-state index in [-0.39, 0.29) is 23.8 Å². The number of aryl methyl sites for hydroxylation is 2. The maximum absolute atomic E-state index is 12.4. The Hall–Kier alpha value is -2.87. The summed E-state index contributed by atoms with van der Waals surface area (Å²) in [6.07, 6.45) is 7.71. The van der Waals surface area contributed by atoms with Gasteiger partial charge in [-0.15, -0.1) is 11.3 Å². The fourth-order valence-electron chi connectivity index (χ4n) is 4.30. The number of thiazole rings is 1. The molecule has 2 N–H and O–H groups in total. The van der Waals surface area contributed by atoms with Crippen LogP contribution in [0.2, 0.25) is 0 Å². The van der Waals surface area contributed by atoms with Crippen molar-refractivity contribution < 1.29 is 24.2 Å². The fraction of sp³-hybridized carbons (Fsp3) is 0.458.